The minimum absolute atomic E-state index is 0.0312. The molecule has 1 saturated carbocycles. The van der Waals surface area contributed by atoms with Gasteiger partial charge < -0.3 is 21.1 Å². The Labute approximate surface area is 253 Å². The van der Waals surface area contributed by atoms with Crippen LogP contribution in [0.25, 0.3) is 0 Å². The summed E-state index contributed by atoms with van der Waals surface area (Å²) in [5, 5.41) is 9.81. The summed E-state index contributed by atoms with van der Waals surface area (Å²) >= 11 is 12.5. The average Bonchev–Trinajstić information content (AvgIpc) is 3.40. The minimum Gasteiger partial charge on any atom is -0.367 e. The first kappa shape index (κ1) is 29.3. The van der Waals surface area contributed by atoms with Crippen LogP contribution in [0.2, 0.25) is 10.2 Å². The second-order valence-corrected chi connectivity index (χ2v) is 13.6. The summed E-state index contributed by atoms with van der Waals surface area (Å²) in [6.07, 6.45) is 4.31. The smallest absolute Gasteiger partial charge is 0.246 e. The zero-order valence-electron chi connectivity index (χ0n) is 23.4. The molecule has 5 atom stereocenters. The molecule has 2 aromatic rings. The maximum Gasteiger partial charge on any atom is 0.246 e. The molecule has 6 rings (SSSR count). The predicted octanol–water partition coefficient (Wildman–Crippen LogP) is 3.96. The molecule has 1 aromatic carbocycles. The van der Waals surface area contributed by atoms with Crippen molar-refractivity contribution >= 4 is 46.6 Å². The number of rotatable bonds is 4. The van der Waals surface area contributed by atoms with Crippen LogP contribution in [-0.4, -0.2) is 53.0 Å². The van der Waals surface area contributed by atoms with Gasteiger partial charge in [-0.25, -0.2) is 9.37 Å². The summed E-state index contributed by atoms with van der Waals surface area (Å²) in [5.74, 6) is -2.99. The van der Waals surface area contributed by atoms with Gasteiger partial charge in [-0.1, -0.05) is 43.1 Å². The number of nitrogens with two attached hydrogens (primary N) is 1. The minimum atomic E-state index is -1.35. The van der Waals surface area contributed by atoms with E-state index in [2.05, 4.69) is 34.8 Å². The molecular formula is C30H34Cl2FN5O4. The van der Waals surface area contributed by atoms with Crippen LogP contribution in [0.1, 0.15) is 69.4 Å². The van der Waals surface area contributed by atoms with E-state index in [1.165, 1.54) is 12.3 Å². The van der Waals surface area contributed by atoms with Gasteiger partial charge >= 0.3 is 0 Å². The van der Waals surface area contributed by atoms with Crippen molar-refractivity contribution < 1.29 is 23.5 Å². The van der Waals surface area contributed by atoms with Gasteiger partial charge in [0.15, 0.2) is 11.0 Å². The lowest BCUT2D eigenvalue weighted by Gasteiger charge is -2.50. The third-order valence-electron chi connectivity index (χ3n) is 9.89. The van der Waals surface area contributed by atoms with Crippen molar-refractivity contribution in [2.75, 3.05) is 11.9 Å². The summed E-state index contributed by atoms with van der Waals surface area (Å²) in [7, 11) is 0. The summed E-state index contributed by atoms with van der Waals surface area (Å²) in [6, 6.07) is 5.34. The van der Waals surface area contributed by atoms with Crippen LogP contribution >= 0.6 is 23.2 Å². The monoisotopic (exact) mass is 617 g/mol. The number of nitrogens with one attached hydrogen (secondary N) is 3. The standard InChI is InChI=1S/C30H34Cl2FN5O4/c1-28(2)8-10-29(11-9-28)30(18-5-3-15(31)13-19(18)37-27(30)41)21(17-7-12-35-24(32)22(17)33)23(38-29)26(40)36-16-4-6-20(25(34)39)42-14-16/h3,5,7,12-13,16,20-21,23,38H,4,6,8-11,14H2,1-2H3,(H2,34,39)(H,36,40)(H,37,41)/t16-,20+,21?,23-,30-/m1/s1. The number of amides is 3. The van der Waals surface area contributed by atoms with Gasteiger partial charge in [0.2, 0.25) is 17.7 Å². The Bertz CT molecular complexity index is 1450. The SMILES string of the molecule is CC1(C)CCC2(CC1)N[C@@H](C(=O)N[C@@H]1CC[C@@H](C(N)=O)OC1)C(c1ccnc(Cl)c1F)[C@]21C(=O)Nc2cc(Cl)ccc21. The van der Waals surface area contributed by atoms with Gasteiger partial charge in [-0.3, -0.25) is 19.7 Å². The Hall–Kier alpha value is -2.79. The number of hydrogen-bond donors (Lipinski definition) is 4. The quantitative estimate of drug-likeness (QED) is 0.384. The fraction of sp³-hybridized carbons (Fsp3) is 0.533. The number of ether oxygens (including phenoxy) is 1. The van der Waals surface area contributed by atoms with Crippen molar-refractivity contribution in [2.24, 2.45) is 11.1 Å². The Morgan fingerprint density at radius 3 is 2.55 bits per heavy atom. The maximum atomic E-state index is 16.0. The number of carbonyl (C=O) groups is 3. The molecule has 4 aliphatic rings. The highest BCUT2D eigenvalue weighted by Crippen LogP contribution is 2.64. The van der Waals surface area contributed by atoms with E-state index in [0.29, 0.717) is 42.0 Å². The molecular weight excluding hydrogens is 584 g/mol. The van der Waals surface area contributed by atoms with Gasteiger partial charge in [-0.05, 0) is 73.3 Å². The fourth-order valence-corrected chi connectivity index (χ4v) is 8.05. The lowest BCUT2D eigenvalue weighted by molar-refractivity contribution is -0.134. The molecule has 12 heteroatoms. The molecule has 1 aromatic heterocycles. The molecule has 42 heavy (non-hydrogen) atoms. The number of nitrogens with zero attached hydrogens (tertiary/aromatic N) is 1. The summed E-state index contributed by atoms with van der Waals surface area (Å²) in [5.41, 5.74) is 4.54. The van der Waals surface area contributed by atoms with Crippen molar-refractivity contribution in [1.29, 1.82) is 0 Å². The number of halogens is 3. The van der Waals surface area contributed by atoms with Gasteiger partial charge in [-0.15, -0.1) is 0 Å². The lowest BCUT2D eigenvalue weighted by Crippen LogP contribution is -2.61. The highest BCUT2D eigenvalue weighted by atomic mass is 35.5. The van der Waals surface area contributed by atoms with Gasteiger partial charge in [0, 0.05) is 28.4 Å². The van der Waals surface area contributed by atoms with E-state index in [1.54, 1.807) is 12.1 Å². The molecule has 224 valence electrons. The van der Waals surface area contributed by atoms with E-state index in [0.717, 1.165) is 12.8 Å². The van der Waals surface area contributed by atoms with E-state index in [4.69, 9.17) is 33.7 Å². The van der Waals surface area contributed by atoms with Crippen LogP contribution in [0.15, 0.2) is 30.5 Å². The maximum absolute atomic E-state index is 16.0. The molecule has 3 amide bonds. The van der Waals surface area contributed by atoms with Crippen LogP contribution in [-0.2, 0) is 24.5 Å². The van der Waals surface area contributed by atoms with E-state index >= 15 is 4.39 Å². The zero-order valence-corrected chi connectivity index (χ0v) is 24.9. The molecule has 9 nitrogen and oxygen atoms in total. The first-order chi connectivity index (χ1) is 19.9. The molecule has 5 N–H and O–H groups in total. The molecule has 4 heterocycles. The van der Waals surface area contributed by atoms with Crippen LogP contribution in [0.3, 0.4) is 0 Å². The molecule has 2 spiro atoms. The second kappa shape index (κ2) is 10.4. The summed E-state index contributed by atoms with van der Waals surface area (Å²) < 4.78 is 21.6. The van der Waals surface area contributed by atoms with Crippen LogP contribution in [0.4, 0.5) is 10.1 Å². The highest BCUT2D eigenvalue weighted by molar-refractivity contribution is 6.31. The Morgan fingerprint density at radius 1 is 1.14 bits per heavy atom. The predicted molar refractivity (Wildman–Crippen MR) is 156 cm³/mol. The Kier molecular flexibility index (Phi) is 7.28. The topological polar surface area (TPSA) is 135 Å². The first-order valence-corrected chi connectivity index (χ1v) is 15.0. The number of benzene rings is 1. The highest BCUT2D eigenvalue weighted by Gasteiger charge is 2.73. The van der Waals surface area contributed by atoms with Crippen LogP contribution in [0.5, 0.6) is 0 Å². The van der Waals surface area contributed by atoms with Crippen LogP contribution in [0, 0.1) is 11.2 Å². The number of hydrogen-bond acceptors (Lipinski definition) is 6. The molecule has 1 unspecified atom stereocenters. The number of fused-ring (bicyclic) bond motifs is 3. The van der Waals surface area contributed by atoms with Gasteiger partial charge in [0.1, 0.15) is 11.5 Å². The normalized spacial score (nSPS) is 31.1. The van der Waals surface area contributed by atoms with Gasteiger partial charge in [0.05, 0.1) is 18.7 Å². The van der Waals surface area contributed by atoms with E-state index in [1.807, 2.05) is 6.07 Å². The number of anilines is 1. The van der Waals surface area contributed by atoms with Crippen molar-refractivity contribution in [3.63, 3.8) is 0 Å². The number of primary amides is 1. The Morgan fingerprint density at radius 2 is 1.88 bits per heavy atom. The van der Waals surface area contributed by atoms with Crippen molar-refractivity contribution in [1.82, 2.24) is 15.6 Å². The number of aromatic nitrogens is 1. The lowest BCUT2D eigenvalue weighted by atomic mass is 9.53. The van der Waals surface area contributed by atoms with E-state index in [9.17, 15) is 14.4 Å². The largest absolute Gasteiger partial charge is 0.367 e. The number of pyridine rings is 1. The van der Waals surface area contributed by atoms with Crippen molar-refractivity contribution in [2.45, 2.75) is 87.4 Å². The zero-order chi connectivity index (χ0) is 30.0. The second-order valence-electron chi connectivity index (χ2n) is 12.8. The van der Waals surface area contributed by atoms with E-state index in [-0.39, 0.29) is 34.7 Å². The third-order valence-corrected chi connectivity index (χ3v) is 10.4. The summed E-state index contributed by atoms with van der Waals surface area (Å²) in [6.45, 7) is 4.49. The average molecular weight is 619 g/mol. The third kappa shape index (κ3) is 4.49. The molecule has 0 radical (unpaired) electrons. The van der Waals surface area contributed by atoms with Crippen LogP contribution < -0.4 is 21.7 Å². The first-order valence-electron chi connectivity index (χ1n) is 14.3. The molecule has 1 aliphatic carbocycles. The van der Waals surface area contributed by atoms with Crippen molar-refractivity contribution in [3.05, 3.63) is 57.6 Å². The van der Waals surface area contributed by atoms with Crippen molar-refractivity contribution in [3.8, 4) is 0 Å². The van der Waals surface area contributed by atoms with Gasteiger partial charge in [-0.2, -0.15) is 0 Å². The van der Waals surface area contributed by atoms with Gasteiger partial charge in [0.25, 0.3) is 0 Å². The Balaban J connectivity index is 1.49. The van der Waals surface area contributed by atoms with E-state index < -0.39 is 46.6 Å². The molecule has 0 bridgehead atoms. The molecule has 2 saturated heterocycles. The number of carbonyl (C=O) groups excluding carboxylic acids is 3. The molecule has 3 aliphatic heterocycles. The fourth-order valence-electron chi connectivity index (χ4n) is 7.71. The molecule has 3 fully saturated rings. The summed E-state index contributed by atoms with van der Waals surface area (Å²) in [4.78, 5) is 44.2.